The van der Waals surface area contributed by atoms with Crippen LogP contribution in [0.4, 0.5) is 11.4 Å². The zero-order chi connectivity index (χ0) is 14.6. The molecule has 0 heterocycles. The van der Waals surface area contributed by atoms with Crippen LogP contribution in [0.25, 0.3) is 0 Å². The Labute approximate surface area is 110 Å². The van der Waals surface area contributed by atoms with Crippen molar-refractivity contribution in [2.24, 2.45) is 5.92 Å². The highest BCUT2D eigenvalue weighted by molar-refractivity contribution is 5.57. The van der Waals surface area contributed by atoms with Gasteiger partial charge in [-0.1, -0.05) is 20.3 Å². The van der Waals surface area contributed by atoms with Gasteiger partial charge in [0.2, 0.25) is 0 Å². The Hall–Kier alpha value is -2.18. The molecule has 0 amide bonds. The number of hydrogen-bond acceptors (Lipinski definition) is 5. The highest BCUT2D eigenvalue weighted by Crippen LogP contribution is 2.35. The second kappa shape index (κ2) is 6.12. The van der Waals surface area contributed by atoms with E-state index in [-0.39, 0.29) is 11.3 Å². The minimum Gasteiger partial charge on any atom is -0.502 e. The van der Waals surface area contributed by atoms with Gasteiger partial charge < -0.3 is 5.11 Å². The number of non-ortho nitro benzene ring substituents is 1. The van der Waals surface area contributed by atoms with Crippen molar-refractivity contribution in [2.45, 2.75) is 33.1 Å². The van der Waals surface area contributed by atoms with E-state index in [1.165, 1.54) is 6.07 Å². The van der Waals surface area contributed by atoms with Crippen LogP contribution in [0.15, 0.2) is 12.1 Å². The third kappa shape index (κ3) is 3.64. The van der Waals surface area contributed by atoms with E-state index in [4.69, 9.17) is 0 Å². The summed E-state index contributed by atoms with van der Waals surface area (Å²) in [5.41, 5.74) is -0.738. The van der Waals surface area contributed by atoms with Gasteiger partial charge in [0.05, 0.1) is 15.9 Å². The molecule has 0 bridgehead atoms. The third-order valence-electron chi connectivity index (χ3n) is 3.16. The molecule has 0 aliphatic heterocycles. The highest BCUT2D eigenvalue weighted by Gasteiger charge is 2.23. The number of phenols is 1. The lowest BCUT2D eigenvalue weighted by atomic mass is 9.98. The maximum atomic E-state index is 10.8. The summed E-state index contributed by atoms with van der Waals surface area (Å²) in [6.45, 7) is 4.03. The first-order valence-electron chi connectivity index (χ1n) is 6.01. The number of phenolic OH excluding ortho intramolecular Hbond substituents is 1. The summed E-state index contributed by atoms with van der Waals surface area (Å²) in [6.07, 6.45) is 2.03. The van der Waals surface area contributed by atoms with Crippen LogP contribution >= 0.6 is 0 Å². The van der Waals surface area contributed by atoms with E-state index in [0.29, 0.717) is 18.8 Å². The van der Waals surface area contributed by atoms with Gasteiger partial charge in [-0.2, -0.15) is 0 Å². The van der Waals surface area contributed by atoms with Gasteiger partial charge in [-0.25, -0.2) is 0 Å². The quantitative estimate of drug-likeness (QED) is 0.629. The van der Waals surface area contributed by atoms with E-state index in [2.05, 4.69) is 0 Å². The number of nitrogens with zero attached hydrogens (tertiary/aromatic N) is 2. The molecule has 1 aromatic carbocycles. The molecule has 104 valence electrons. The lowest BCUT2D eigenvalue weighted by Gasteiger charge is -2.09. The third-order valence-corrected chi connectivity index (χ3v) is 3.16. The Bertz CT molecular complexity index is 501. The maximum absolute atomic E-state index is 10.8. The molecule has 0 saturated carbocycles. The van der Waals surface area contributed by atoms with Gasteiger partial charge in [-0.05, 0) is 18.8 Å². The first-order valence-corrected chi connectivity index (χ1v) is 6.01. The Kier molecular flexibility index (Phi) is 4.80. The van der Waals surface area contributed by atoms with Crippen LogP contribution in [-0.4, -0.2) is 15.0 Å². The summed E-state index contributed by atoms with van der Waals surface area (Å²) in [7, 11) is 0. The number of rotatable bonds is 6. The maximum Gasteiger partial charge on any atom is 0.317 e. The predicted molar refractivity (Wildman–Crippen MR) is 69.2 cm³/mol. The average molecular weight is 268 g/mol. The molecule has 1 N–H and O–H groups in total. The van der Waals surface area contributed by atoms with Crippen LogP contribution in [-0.2, 0) is 6.42 Å². The fourth-order valence-corrected chi connectivity index (χ4v) is 1.70. The fraction of sp³-hybridized carbons (Fsp3) is 0.500. The normalized spacial score (nSPS) is 12.1. The van der Waals surface area contributed by atoms with Gasteiger partial charge in [0, 0.05) is 11.6 Å². The molecule has 0 fully saturated rings. The fourth-order valence-electron chi connectivity index (χ4n) is 1.70. The van der Waals surface area contributed by atoms with Gasteiger partial charge in [0.1, 0.15) is 0 Å². The van der Waals surface area contributed by atoms with Crippen molar-refractivity contribution in [1.82, 2.24) is 0 Å². The lowest BCUT2D eigenvalue weighted by molar-refractivity contribution is -0.394. The van der Waals surface area contributed by atoms with Crippen LogP contribution < -0.4 is 0 Å². The van der Waals surface area contributed by atoms with E-state index >= 15 is 0 Å². The Balaban J connectivity index is 3.14. The van der Waals surface area contributed by atoms with Crippen molar-refractivity contribution < 1.29 is 15.0 Å². The van der Waals surface area contributed by atoms with E-state index < -0.39 is 21.3 Å². The van der Waals surface area contributed by atoms with Gasteiger partial charge >= 0.3 is 5.69 Å². The largest absolute Gasteiger partial charge is 0.502 e. The molecule has 1 unspecified atom stereocenters. The average Bonchev–Trinajstić information content (AvgIpc) is 2.36. The van der Waals surface area contributed by atoms with Crippen molar-refractivity contribution in [1.29, 1.82) is 0 Å². The minimum atomic E-state index is -0.810. The Morgan fingerprint density at radius 1 is 1.26 bits per heavy atom. The molecule has 1 aromatic rings. The van der Waals surface area contributed by atoms with E-state index in [1.54, 1.807) is 0 Å². The molecule has 1 rings (SSSR count). The van der Waals surface area contributed by atoms with Crippen LogP contribution in [0.1, 0.15) is 32.3 Å². The second-order valence-electron chi connectivity index (χ2n) is 4.54. The first kappa shape index (κ1) is 14.9. The van der Waals surface area contributed by atoms with Crippen molar-refractivity contribution in [3.05, 3.63) is 37.9 Å². The lowest BCUT2D eigenvalue weighted by Crippen LogP contribution is -2.00. The van der Waals surface area contributed by atoms with Crippen molar-refractivity contribution in [2.75, 3.05) is 0 Å². The van der Waals surface area contributed by atoms with Gasteiger partial charge in [0.15, 0.2) is 5.75 Å². The molecule has 7 heteroatoms. The summed E-state index contributed by atoms with van der Waals surface area (Å²) in [5, 5.41) is 31.3. The highest BCUT2D eigenvalue weighted by atomic mass is 16.6. The number of benzene rings is 1. The molecule has 7 nitrogen and oxygen atoms in total. The molecular formula is C12H16N2O5. The minimum absolute atomic E-state index is 0.251. The number of nitro groups is 2. The SMILES string of the molecule is CCC(C)CCc1cc([N+](=O)[O-])cc([N+](=O)[O-])c1O. The van der Waals surface area contributed by atoms with Crippen molar-refractivity contribution >= 4 is 11.4 Å². The van der Waals surface area contributed by atoms with E-state index in [0.717, 1.165) is 12.5 Å². The van der Waals surface area contributed by atoms with E-state index in [9.17, 15) is 25.3 Å². The summed E-state index contributed by atoms with van der Waals surface area (Å²) in [6, 6.07) is 1.98. The van der Waals surface area contributed by atoms with Gasteiger partial charge in [0.25, 0.3) is 5.69 Å². The molecule has 0 aliphatic rings. The topological polar surface area (TPSA) is 107 Å². The summed E-state index contributed by atoms with van der Waals surface area (Å²) in [4.78, 5) is 20.0. The first-order chi connectivity index (χ1) is 8.86. The summed E-state index contributed by atoms with van der Waals surface area (Å²) < 4.78 is 0. The smallest absolute Gasteiger partial charge is 0.317 e. The molecular weight excluding hydrogens is 252 g/mol. The number of nitro benzene ring substituents is 2. The number of aryl methyl sites for hydroxylation is 1. The second-order valence-corrected chi connectivity index (χ2v) is 4.54. The molecule has 0 spiro atoms. The molecule has 0 aliphatic carbocycles. The Morgan fingerprint density at radius 2 is 1.89 bits per heavy atom. The van der Waals surface area contributed by atoms with Crippen molar-refractivity contribution in [3.8, 4) is 5.75 Å². The van der Waals surface area contributed by atoms with Crippen LogP contribution in [0.3, 0.4) is 0 Å². The number of aromatic hydroxyl groups is 1. The van der Waals surface area contributed by atoms with Gasteiger partial charge in [-0.3, -0.25) is 20.2 Å². The molecule has 0 saturated heterocycles. The number of hydrogen-bond donors (Lipinski definition) is 1. The Morgan fingerprint density at radius 3 is 2.37 bits per heavy atom. The van der Waals surface area contributed by atoms with Crippen molar-refractivity contribution in [3.63, 3.8) is 0 Å². The van der Waals surface area contributed by atoms with Crippen LogP contribution in [0, 0.1) is 26.1 Å². The van der Waals surface area contributed by atoms with E-state index in [1.807, 2.05) is 13.8 Å². The van der Waals surface area contributed by atoms with Crippen LogP contribution in [0.2, 0.25) is 0 Å². The summed E-state index contributed by atoms with van der Waals surface area (Å²) >= 11 is 0. The molecule has 0 radical (unpaired) electrons. The molecule has 19 heavy (non-hydrogen) atoms. The monoisotopic (exact) mass is 268 g/mol. The standard InChI is InChI=1S/C12H16N2O5/c1-3-8(2)4-5-9-6-10(13(16)17)7-11(12(9)15)14(18)19/h6-8,15H,3-5H2,1-2H3. The van der Waals surface area contributed by atoms with Crippen LogP contribution in [0.5, 0.6) is 5.75 Å². The molecule has 0 aromatic heterocycles. The zero-order valence-corrected chi connectivity index (χ0v) is 10.8. The predicted octanol–water partition coefficient (Wildman–Crippen LogP) is 3.19. The molecule has 1 atom stereocenters. The zero-order valence-electron chi connectivity index (χ0n) is 10.8. The van der Waals surface area contributed by atoms with Gasteiger partial charge in [-0.15, -0.1) is 0 Å². The summed E-state index contributed by atoms with van der Waals surface area (Å²) in [5.74, 6) is -0.0865.